The average molecular weight is 820 g/mol. The average Bonchev–Trinajstić information content (AvgIpc) is 3.18. The van der Waals surface area contributed by atoms with Gasteiger partial charge in [0.1, 0.15) is 12.7 Å². The standard InChI is InChI=1S/C45H74NO10P/c1-3-5-7-9-11-13-15-17-19-20-21-22-23-25-27-29-31-33-35-37-44(49)54-38-41(47)39-55-57(52,53)56-40-42(45(50)51)46-43(48)36-34-32-30-28-26-24-18-16-14-12-10-8-6-4-2/h5,7,10-13,16-19,21-22,25,27,41-42,47H,3-4,6,8-9,14-15,20,23-24,26,28-40H2,1-2H3,(H,46,48)(H,50,51)(H,52,53)/b7-5-,12-10-,13-11-,18-16-,19-17-,22-21-,27-25-. The number of phosphoric ester groups is 1. The van der Waals surface area contributed by atoms with Crippen molar-refractivity contribution in [3.63, 3.8) is 0 Å². The second kappa shape index (κ2) is 39.5. The van der Waals surface area contributed by atoms with Gasteiger partial charge in [0, 0.05) is 12.8 Å². The molecule has 3 atom stereocenters. The van der Waals surface area contributed by atoms with Crippen LogP contribution in [-0.4, -0.2) is 64.9 Å². The summed E-state index contributed by atoms with van der Waals surface area (Å²) in [6, 6.07) is -1.56. The van der Waals surface area contributed by atoms with Gasteiger partial charge in [0.15, 0.2) is 6.04 Å². The molecule has 0 aliphatic carbocycles. The third kappa shape index (κ3) is 39.3. The van der Waals surface area contributed by atoms with Crippen LogP contribution in [0.2, 0.25) is 0 Å². The SMILES string of the molecule is CC/C=C\C/C=C\C/C=C\C/C=C\C/C=C\CCCCCC(=O)OCC(O)COP(=O)(O)OCC(NC(=O)CCCCCCC/C=C\C/C=C\CCCC)C(=O)O. The maximum atomic E-state index is 12.3. The van der Waals surface area contributed by atoms with Gasteiger partial charge in [-0.1, -0.05) is 137 Å². The number of esters is 1. The highest BCUT2D eigenvalue weighted by Crippen LogP contribution is 2.43. The summed E-state index contributed by atoms with van der Waals surface area (Å²) in [7, 11) is -4.77. The lowest BCUT2D eigenvalue weighted by molar-refractivity contribution is -0.147. The molecule has 0 bridgehead atoms. The number of hydrogen-bond acceptors (Lipinski definition) is 8. The number of aliphatic hydroxyl groups excluding tert-OH is 1. The zero-order valence-corrected chi connectivity index (χ0v) is 35.7. The van der Waals surface area contributed by atoms with E-state index in [0.717, 1.165) is 96.3 Å². The Morgan fingerprint density at radius 1 is 0.579 bits per heavy atom. The highest BCUT2D eigenvalue weighted by molar-refractivity contribution is 7.47. The Bertz CT molecular complexity index is 1290. The van der Waals surface area contributed by atoms with Crippen LogP contribution in [-0.2, 0) is 32.7 Å². The molecule has 0 fully saturated rings. The van der Waals surface area contributed by atoms with E-state index in [1.54, 1.807) is 0 Å². The van der Waals surface area contributed by atoms with E-state index in [2.05, 4.69) is 104 Å². The number of ether oxygens (including phenoxy) is 1. The molecule has 1 amide bonds. The summed E-state index contributed by atoms with van der Waals surface area (Å²) in [6.07, 6.45) is 47.5. The topological polar surface area (TPSA) is 169 Å². The first-order valence-electron chi connectivity index (χ1n) is 21.1. The maximum Gasteiger partial charge on any atom is 0.472 e. The Morgan fingerprint density at radius 3 is 1.54 bits per heavy atom. The fourth-order valence-electron chi connectivity index (χ4n) is 5.12. The summed E-state index contributed by atoms with van der Waals surface area (Å²) < 4.78 is 26.8. The Labute approximate surface area is 343 Å². The smallest absolute Gasteiger partial charge is 0.472 e. The van der Waals surface area contributed by atoms with Gasteiger partial charge in [-0.2, -0.15) is 0 Å². The number of carboxylic acids is 1. The molecule has 0 spiro atoms. The summed E-state index contributed by atoms with van der Waals surface area (Å²) in [6.45, 7) is 2.37. The van der Waals surface area contributed by atoms with E-state index in [9.17, 15) is 34.1 Å². The van der Waals surface area contributed by atoms with Gasteiger partial charge in [-0.25, -0.2) is 9.36 Å². The molecule has 0 rings (SSSR count). The molecule has 11 nitrogen and oxygen atoms in total. The van der Waals surface area contributed by atoms with Crippen LogP contribution in [0.4, 0.5) is 0 Å². The predicted octanol–water partition coefficient (Wildman–Crippen LogP) is 10.7. The Balaban J connectivity index is 4.00. The van der Waals surface area contributed by atoms with Gasteiger partial charge in [0.25, 0.3) is 0 Å². The van der Waals surface area contributed by atoms with Crippen molar-refractivity contribution in [3.8, 4) is 0 Å². The number of carbonyl (C=O) groups excluding carboxylic acids is 2. The molecular weight excluding hydrogens is 745 g/mol. The number of nitrogens with one attached hydrogen (secondary N) is 1. The molecule has 0 saturated heterocycles. The fraction of sp³-hybridized carbons (Fsp3) is 0.622. The highest BCUT2D eigenvalue weighted by atomic mass is 31.2. The number of carbonyl (C=O) groups is 3. The van der Waals surface area contributed by atoms with Gasteiger partial charge >= 0.3 is 19.8 Å². The molecule has 4 N–H and O–H groups in total. The van der Waals surface area contributed by atoms with Gasteiger partial charge in [-0.3, -0.25) is 18.6 Å². The van der Waals surface area contributed by atoms with Gasteiger partial charge in [0.05, 0.1) is 13.2 Å². The van der Waals surface area contributed by atoms with E-state index in [4.69, 9.17) is 13.8 Å². The first kappa shape index (κ1) is 53.7. The van der Waals surface area contributed by atoms with E-state index >= 15 is 0 Å². The third-order valence-corrected chi connectivity index (χ3v) is 9.37. The number of phosphoric acid groups is 1. The summed E-state index contributed by atoms with van der Waals surface area (Å²) in [5.74, 6) is -2.44. The summed E-state index contributed by atoms with van der Waals surface area (Å²) in [4.78, 5) is 45.8. The molecule has 0 aromatic heterocycles. The molecular formula is C45H74NO10P. The third-order valence-electron chi connectivity index (χ3n) is 8.42. The number of aliphatic carboxylic acids is 1. The zero-order valence-electron chi connectivity index (χ0n) is 34.9. The quantitative estimate of drug-likeness (QED) is 0.0204. The van der Waals surface area contributed by atoms with E-state index in [1.807, 2.05) is 0 Å². The minimum atomic E-state index is -4.77. The van der Waals surface area contributed by atoms with Crippen LogP contribution >= 0.6 is 7.82 Å². The van der Waals surface area contributed by atoms with E-state index in [1.165, 1.54) is 12.8 Å². The Kier molecular flexibility index (Phi) is 37.2. The Morgan fingerprint density at radius 2 is 1.02 bits per heavy atom. The molecule has 0 aliphatic rings. The van der Waals surface area contributed by atoms with Crippen molar-refractivity contribution in [1.29, 1.82) is 0 Å². The van der Waals surface area contributed by atoms with Crippen LogP contribution in [0, 0.1) is 0 Å². The van der Waals surface area contributed by atoms with Gasteiger partial charge in [-0.15, -0.1) is 0 Å². The first-order valence-corrected chi connectivity index (χ1v) is 22.6. The van der Waals surface area contributed by atoms with Crippen molar-refractivity contribution in [1.82, 2.24) is 5.32 Å². The number of unbranched alkanes of at least 4 members (excludes halogenated alkanes) is 10. The molecule has 0 aliphatic heterocycles. The molecule has 0 saturated carbocycles. The fourth-order valence-corrected chi connectivity index (χ4v) is 5.89. The minimum Gasteiger partial charge on any atom is -0.480 e. The molecule has 57 heavy (non-hydrogen) atoms. The number of aliphatic hydroxyl groups is 1. The molecule has 0 radical (unpaired) electrons. The second-order valence-electron chi connectivity index (χ2n) is 13.8. The van der Waals surface area contributed by atoms with Crippen molar-refractivity contribution in [2.45, 2.75) is 161 Å². The minimum absolute atomic E-state index is 0.122. The number of allylic oxidation sites excluding steroid dienone is 14. The maximum absolute atomic E-state index is 12.3. The van der Waals surface area contributed by atoms with Crippen LogP contribution in [0.25, 0.3) is 0 Å². The number of hydrogen-bond donors (Lipinski definition) is 4. The lowest BCUT2D eigenvalue weighted by Gasteiger charge is -2.18. The summed E-state index contributed by atoms with van der Waals surface area (Å²) >= 11 is 0. The zero-order chi connectivity index (χ0) is 42.1. The summed E-state index contributed by atoms with van der Waals surface area (Å²) in [5.41, 5.74) is 0. The van der Waals surface area contributed by atoms with Crippen molar-refractivity contribution in [2.75, 3.05) is 19.8 Å². The lowest BCUT2D eigenvalue weighted by Crippen LogP contribution is -2.43. The van der Waals surface area contributed by atoms with Crippen molar-refractivity contribution >= 4 is 25.7 Å². The van der Waals surface area contributed by atoms with E-state index in [-0.39, 0.29) is 12.8 Å². The summed E-state index contributed by atoms with van der Waals surface area (Å²) in [5, 5.41) is 21.8. The number of amides is 1. The van der Waals surface area contributed by atoms with E-state index < -0.39 is 57.6 Å². The Hall–Kier alpha value is -3.34. The molecule has 324 valence electrons. The molecule has 0 aromatic rings. The predicted molar refractivity (Wildman–Crippen MR) is 231 cm³/mol. The van der Waals surface area contributed by atoms with Crippen molar-refractivity contribution in [2.24, 2.45) is 0 Å². The monoisotopic (exact) mass is 820 g/mol. The largest absolute Gasteiger partial charge is 0.480 e. The van der Waals surface area contributed by atoms with Gasteiger partial charge in [-0.05, 0) is 83.5 Å². The highest BCUT2D eigenvalue weighted by Gasteiger charge is 2.28. The molecule has 0 heterocycles. The van der Waals surface area contributed by atoms with Gasteiger partial charge < -0.3 is 25.2 Å². The number of rotatable bonds is 38. The van der Waals surface area contributed by atoms with Crippen LogP contribution < -0.4 is 5.32 Å². The van der Waals surface area contributed by atoms with E-state index in [0.29, 0.717) is 12.8 Å². The first-order chi connectivity index (χ1) is 27.6. The van der Waals surface area contributed by atoms with Crippen molar-refractivity contribution < 1.29 is 47.8 Å². The van der Waals surface area contributed by atoms with Crippen molar-refractivity contribution in [3.05, 3.63) is 85.1 Å². The molecule has 0 aromatic carbocycles. The van der Waals surface area contributed by atoms with Crippen LogP contribution in [0.5, 0.6) is 0 Å². The van der Waals surface area contributed by atoms with Crippen LogP contribution in [0.15, 0.2) is 85.1 Å². The second-order valence-corrected chi connectivity index (χ2v) is 15.2. The normalized spacial score (nSPS) is 14.6. The van der Waals surface area contributed by atoms with Crippen LogP contribution in [0.1, 0.15) is 149 Å². The van der Waals surface area contributed by atoms with Crippen LogP contribution in [0.3, 0.4) is 0 Å². The molecule has 3 unspecified atom stereocenters. The van der Waals surface area contributed by atoms with Gasteiger partial charge in [0.2, 0.25) is 5.91 Å². The number of carboxylic acid groups (broad SMARTS) is 1. The molecule has 12 heteroatoms. The lowest BCUT2D eigenvalue weighted by atomic mass is 10.1.